The largest absolute Gasteiger partial charge is 0.478 e. The average molecular weight is 598 g/mol. The number of rotatable bonds is 4. The van der Waals surface area contributed by atoms with E-state index in [9.17, 15) is 19.5 Å². The molecule has 218 valence electrons. The predicted octanol–water partition coefficient (Wildman–Crippen LogP) is 5.20. The van der Waals surface area contributed by atoms with Gasteiger partial charge in [-0.25, -0.2) is 14.5 Å². The van der Waals surface area contributed by atoms with Gasteiger partial charge in [0.2, 0.25) is 5.91 Å². The van der Waals surface area contributed by atoms with E-state index < -0.39 is 5.97 Å². The maximum Gasteiger partial charge on any atom is 0.338 e. The number of aryl methyl sites for hydroxylation is 1. The second kappa shape index (κ2) is 11.3. The summed E-state index contributed by atoms with van der Waals surface area (Å²) in [5.74, 6) is -1.40. The molecular formula is C31H28ClN7O4. The summed E-state index contributed by atoms with van der Waals surface area (Å²) in [5.41, 5.74) is 4.41. The number of aromatic nitrogens is 6. The quantitative estimate of drug-likeness (QED) is 0.291. The lowest BCUT2D eigenvalue weighted by molar-refractivity contribution is -0.119. The molecule has 3 aromatic heterocycles. The van der Waals surface area contributed by atoms with Crippen LogP contribution in [0.15, 0.2) is 78.2 Å². The Morgan fingerprint density at radius 1 is 1.07 bits per heavy atom. The van der Waals surface area contributed by atoms with E-state index in [0.29, 0.717) is 46.9 Å². The van der Waals surface area contributed by atoms with E-state index in [1.54, 1.807) is 33.6 Å². The van der Waals surface area contributed by atoms with E-state index in [4.69, 9.17) is 11.6 Å². The van der Waals surface area contributed by atoms with E-state index in [0.717, 1.165) is 16.8 Å². The van der Waals surface area contributed by atoms with Gasteiger partial charge in [0.05, 0.1) is 53.1 Å². The molecule has 0 saturated carbocycles. The van der Waals surface area contributed by atoms with E-state index >= 15 is 0 Å². The van der Waals surface area contributed by atoms with E-state index in [1.165, 1.54) is 29.5 Å². The van der Waals surface area contributed by atoms with Crippen molar-refractivity contribution in [2.45, 2.75) is 32.2 Å². The van der Waals surface area contributed by atoms with Crippen LogP contribution in [0.1, 0.15) is 48.1 Å². The number of fused-ring (bicyclic) bond motifs is 4. The van der Waals surface area contributed by atoms with Crippen molar-refractivity contribution in [3.8, 4) is 28.2 Å². The van der Waals surface area contributed by atoms with Crippen molar-refractivity contribution in [1.82, 2.24) is 29.1 Å². The predicted molar refractivity (Wildman–Crippen MR) is 161 cm³/mol. The number of anilines is 1. The maximum absolute atomic E-state index is 13.7. The summed E-state index contributed by atoms with van der Waals surface area (Å²) in [6.45, 7) is 1.90. The number of carbonyl (C=O) groups is 2. The third-order valence-electron chi connectivity index (χ3n) is 7.79. The Hall–Kier alpha value is -5.03. The van der Waals surface area contributed by atoms with Crippen LogP contribution in [-0.4, -0.2) is 46.1 Å². The number of carbonyl (C=O) groups excluding carboxylic acids is 1. The molecule has 0 aliphatic carbocycles. The third-order valence-corrected chi connectivity index (χ3v) is 8.02. The standard InChI is InChI=1S/C31H28ClN7O4/c1-18-5-3-8-26(19-6-4-7-20(11-19)29-25(36-30(18)41)15-34-37(29)2)38-17-33-24(13-28(38)40)23-12-22(32)9-10-27(23)39-16-21(14-35-39)31(42)43/h4,6-7,9-18,26H,3,5,8H2,1-2H3,(H,36,41)(H,42,43)/t18-,26+/m1/s1. The number of carboxylic acid groups (broad SMARTS) is 1. The topological polar surface area (TPSA) is 137 Å². The minimum Gasteiger partial charge on any atom is -0.478 e. The highest BCUT2D eigenvalue weighted by Gasteiger charge is 2.23. The molecule has 2 N–H and O–H groups in total. The van der Waals surface area contributed by atoms with E-state index in [1.807, 2.05) is 38.2 Å². The first-order chi connectivity index (χ1) is 20.7. The van der Waals surface area contributed by atoms with Gasteiger partial charge in [-0.15, -0.1) is 0 Å². The minimum absolute atomic E-state index is 0.0269. The van der Waals surface area contributed by atoms with Crippen LogP contribution in [0.4, 0.5) is 5.69 Å². The smallest absolute Gasteiger partial charge is 0.338 e. The molecular weight excluding hydrogens is 570 g/mol. The molecule has 2 aromatic carbocycles. The summed E-state index contributed by atoms with van der Waals surface area (Å²) in [6, 6.07) is 14.1. The number of hydrogen-bond donors (Lipinski definition) is 2. The summed E-state index contributed by atoms with van der Waals surface area (Å²) in [7, 11) is 1.83. The number of aromatic carboxylic acids is 1. The SMILES string of the molecule is C[C@@H]1CCC[C@H](n2cnc(-c3cc(Cl)ccc3-n3cc(C(=O)O)cn3)cc2=O)c2cccc(c2)-c2c(cnn2C)NC1=O. The van der Waals surface area contributed by atoms with Crippen molar-refractivity contribution in [1.29, 1.82) is 0 Å². The fourth-order valence-electron chi connectivity index (χ4n) is 5.50. The van der Waals surface area contributed by atoms with Crippen molar-refractivity contribution < 1.29 is 14.7 Å². The number of carboxylic acids is 1. The first-order valence-electron chi connectivity index (χ1n) is 13.8. The lowest BCUT2D eigenvalue weighted by Gasteiger charge is -2.23. The lowest BCUT2D eigenvalue weighted by atomic mass is 9.94. The summed E-state index contributed by atoms with van der Waals surface area (Å²) in [6.07, 6.45) is 7.80. The zero-order valence-corrected chi connectivity index (χ0v) is 24.2. The van der Waals surface area contributed by atoms with Crippen LogP contribution in [0.2, 0.25) is 5.02 Å². The van der Waals surface area contributed by atoms with Crippen molar-refractivity contribution in [2.24, 2.45) is 13.0 Å². The highest BCUT2D eigenvalue weighted by Crippen LogP contribution is 2.34. The Labute approximate surface area is 251 Å². The van der Waals surface area contributed by atoms with Crippen LogP contribution < -0.4 is 10.9 Å². The molecule has 1 aliphatic heterocycles. The lowest BCUT2D eigenvalue weighted by Crippen LogP contribution is -2.26. The molecule has 12 heteroatoms. The van der Waals surface area contributed by atoms with Gasteiger partial charge in [-0.2, -0.15) is 10.2 Å². The highest BCUT2D eigenvalue weighted by atomic mass is 35.5. The van der Waals surface area contributed by atoms with Crippen LogP contribution in [0.5, 0.6) is 0 Å². The Kier molecular flexibility index (Phi) is 7.41. The van der Waals surface area contributed by atoms with Crippen LogP contribution in [0.25, 0.3) is 28.2 Å². The summed E-state index contributed by atoms with van der Waals surface area (Å²) < 4.78 is 4.76. The molecule has 2 atom stereocenters. The molecule has 43 heavy (non-hydrogen) atoms. The Morgan fingerprint density at radius 3 is 2.67 bits per heavy atom. The van der Waals surface area contributed by atoms with E-state index in [-0.39, 0.29) is 29.0 Å². The van der Waals surface area contributed by atoms with Gasteiger partial charge in [-0.1, -0.05) is 43.1 Å². The number of halogens is 1. The second-order valence-electron chi connectivity index (χ2n) is 10.7. The molecule has 0 fully saturated rings. The van der Waals surface area contributed by atoms with Crippen molar-refractivity contribution in [3.63, 3.8) is 0 Å². The van der Waals surface area contributed by atoms with Crippen molar-refractivity contribution in [2.75, 3.05) is 5.32 Å². The Balaban J connectivity index is 1.43. The molecule has 6 rings (SSSR count). The molecule has 1 amide bonds. The molecule has 5 aromatic rings. The first-order valence-corrected chi connectivity index (χ1v) is 14.2. The zero-order chi connectivity index (χ0) is 30.2. The summed E-state index contributed by atoms with van der Waals surface area (Å²) in [5, 5.41) is 21.3. The van der Waals surface area contributed by atoms with Gasteiger partial charge >= 0.3 is 5.97 Å². The van der Waals surface area contributed by atoms with Crippen LogP contribution >= 0.6 is 11.6 Å². The van der Waals surface area contributed by atoms with Gasteiger partial charge in [0.25, 0.3) is 5.56 Å². The molecule has 4 heterocycles. The first kappa shape index (κ1) is 28.1. The van der Waals surface area contributed by atoms with Gasteiger partial charge in [-0.05, 0) is 42.7 Å². The van der Waals surface area contributed by atoms with Gasteiger partial charge in [0.15, 0.2) is 0 Å². The van der Waals surface area contributed by atoms with Gasteiger partial charge in [0, 0.05) is 41.4 Å². The number of amides is 1. The molecule has 0 unspecified atom stereocenters. The second-order valence-corrected chi connectivity index (χ2v) is 11.1. The monoisotopic (exact) mass is 597 g/mol. The Bertz CT molecular complexity index is 1930. The normalized spacial score (nSPS) is 17.0. The number of nitrogens with one attached hydrogen (secondary N) is 1. The molecule has 1 aliphatic rings. The molecule has 2 bridgehead atoms. The van der Waals surface area contributed by atoms with Gasteiger partial charge < -0.3 is 10.4 Å². The Morgan fingerprint density at radius 2 is 1.91 bits per heavy atom. The van der Waals surface area contributed by atoms with Crippen molar-refractivity contribution >= 4 is 29.2 Å². The van der Waals surface area contributed by atoms with Crippen LogP contribution in [0.3, 0.4) is 0 Å². The number of benzene rings is 2. The fraction of sp³-hybridized carbons (Fsp3) is 0.226. The van der Waals surface area contributed by atoms with E-state index in [2.05, 4.69) is 20.5 Å². The molecule has 0 radical (unpaired) electrons. The minimum atomic E-state index is -1.10. The van der Waals surface area contributed by atoms with Crippen molar-refractivity contribution in [3.05, 3.63) is 100.0 Å². The fourth-order valence-corrected chi connectivity index (χ4v) is 5.68. The third kappa shape index (κ3) is 5.46. The zero-order valence-electron chi connectivity index (χ0n) is 23.4. The van der Waals surface area contributed by atoms with Crippen LogP contribution in [0, 0.1) is 5.92 Å². The summed E-state index contributed by atoms with van der Waals surface area (Å²) >= 11 is 6.32. The molecule has 0 saturated heterocycles. The van der Waals surface area contributed by atoms with Crippen LogP contribution in [-0.2, 0) is 11.8 Å². The maximum atomic E-state index is 13.7. The average Bonchev–Trinajstić information content (AvgIpc) is 3.62. The summed E-state index contributed by atoms with van der Waals surface area (Å²) in [4.78, 5) is 42.8. The van der Waals surface area contributed by atoms with Gasteiger partial charge in [-0.3, -0.25) is 18.8 Å². The molecule has 0 spiro atoms. The van der Waals surface area contributed by atoms with Gasteiger partial charge in [0.1, 0.15) is 0 Å². The number of nitrogens with zero attached hydrogens (tertiary/aromatic N) is 6. The number of hydrogen-bond acceptors (Lipinski definition) is 6. The highest BCUT2D eigenvalue weighted by molar-refractivity contribution is 6.31. The molecule has 11 nitrogen and oxygen atoms in total.